The number of carbonyl (C=O) groups is 2. The number of pyridine rings is 1. The van der Waals surface area contributed by atoms with Crippen LogP contribution in [0, 0.1) is 0 Å². The summed E-state index contributed by atoms with van der Waals surface area (Å²) in [6, 6.07) is 16.3. The quantitative estimate of drug-likeness (QED) is 0.696. The molecule has 0 spiro atoms. The van der Waals surface area contributed by atoms with Gasteiger partial charge in [0.15, 0.2) is 0 Å². The molecule has 2 heterocycles. The number of nitrogens with two attached hydrogens (primary N) is 1. The highest BCUT2D eigenvalue weighted by Gasteiger charge is 2.23. The van der Waals surface area contributed by atoms with Crippen LogP contribution in [0.2, 0.25) is 5.02 Å². The van der Waals surface area contributed by atoms with Crippen LogP contribution in [-0.4, -0.2) is 36.4 Å². The van der Waals surface area contributed by atoms with E-state index in [1.807, 2.05) is 30.3 Å². The van der Waals surface area contributed by atoms with E-state index >= 15 is 0 Å². The molecule has 3 N–H and O–H groups in total. The van der Waals surface area contributed by atoms with Crippen molar-refractivity contribution in [3.05, 3.63) is 71.4 Å². The zero-order valence-corrected chi connectivity index (χ0v) is 16.3. The van der Waals surface area contributed by atoms with Crippen molar-refractivity contribution in [2.45, 2.75) is 0 Å². The third-order valence-corrected chi connectivity index (χ3v) is 5.21. The van der Waals surface area contributed by atoms with Crippen molar-refractivity contribution >= 4 is 29.1 Å². The average molecular weight is 407 g/mol. The fourth-order valence-corrected chi connectivity index (χ4v) is 3.64. The van der Waals surface area contributed by atoms with E-state index in [9.17, 15) is 9.59 Å². The van der Waals surface area contributed by atoms with E-state index in [2.05, 4.69) is 10.3 Å². The second-order valence-electron chi connectivity index (χ2n) is 6.73. The van der Waals surface area contributed by atoms with Crippen LogP contribution in [-0.2, 0) is 4.79 Å². The zero-order valence-electron chi connectivity index (χ0n) is 15.6. The van der Waals surface area contributed by atoms with Crippen LogP contribution in [0.5, 0.6) is 0 Å². The lowest BCUT2D eigenvalue weighted by molar-refractivity contribution is -0.118. The number of aromatic nitrogens is 1. The third-order valence-electron chi connectivity index (χ3n) is 4.88. The van der Waals surface area contributed by atoms with Gasteiger partial charge in [-0.25, -0.2) is 0 Å². The molecule has 7 heteroatoms. The van der Waals surface area contributed by atoms with Crippen LogP contribution in [0.4, 0.5) is 5.69 Å². The number of nitrogens with one attached hydrogen (secondary N) is 1. The van der Waals surface area contributed by atoms with Gasteiger partial charge in [-0.3, -0.25) is 14.6 Å². The van der Waals surface area contributed by atoms with Crippen LogP contribution in [0.1, 0.15) is 10.4 Å². The molecule has 0 radical (unpaired) electrons. The molecule has 0 atom stereocenters. The van der Waals surface area contributed by atoms with Gasteiger partial charge in [0.2, 0.25) is 11.8 Å². The van der Waals surface area contributed by atoms with Gasteiger partial charge in [-0.2, -0.15) is 0 Å². The molecule has 4 rings (SSSR count). The van der Waals surface area contributed by atoms with Crippen molar-refractivity contribution in [3.63, 3.8) is 0 Å². The lowest BCUT2D eigenvalue weighted by atomic mass is 9.97. The summed E-state index contributed by atoms with van der Waals surface area (Å²) in [5, 5.41) is 3.64. The number of piperazine rings is 1. The van der Waals surface area contributed by atoms with E-state index in [0.717, 1.165) is 28.1 Å². The Hall–Kier alpha value is -3.22. The van der Waals surface area contributed by atoms with Crippen molar-refractivity contribution in [2.75, 3.05) is 24.5 Å². The minimum Gasteiger partial charge on any atom is -0.366 e. The van der Waals surface area contributed by atoms with Gasteiger partial charge in [-0.15, -0.1) is 0 Å². The second-order valence-corrected chi connectivity index (χ2v) is 7.14. The Kier molecular flexibility index (Phi) is 5.29. The lowest BCUT2D eigenvalue weighted by Crippen LogP contribution is -2.48. The van der Waals surface area contributed by atoms with Gasteiger partial charge in [0.05, 0.1) is 17.9 Å². The largest absolute Gasteiger partial charge is 0.366 e. The molecule has 146 valence electrons. The van der Waals surface area contributed by atoms with Crippen molar-refractivity contribution in [2.24, 2.45) is 5.73 Å². The van der Waals surface area contributed by atoms with Crippen molar-refractivity contribution < 1.29 is 9.59 Å². The molecular formula is C22H19ClN4O2. The molecule has 1 saturated heterocycles. The Morgan fingerprint density at radius 2 is 1.97 bits per heavy atom. The Morgan fingerprint density at radius 1 is 1.10 bits per heavy atom. The van der Waals surface area contributed by atoms with Crippen LogP contribution in [0.3, 0.4) is 0 Å². The van der Waals surface area contributed by atoms with Gasteiger partial charge in [0.25, 0.3) is 0 Å². The smallest absolute Gasteiger partial charge is 0.248 e. The highest BCUT2D eigenvalue weighted by atomic mass is 35.5. The van der Waals surface area contributed by atoms with E-state index in [1.54, 1.807) is 35.4 Å². The molecule has 2 amide bonds. The minimum absolute atomic E-state index is 0.0248. The van der Waals surface area contributed by atoms with E-state index in [0.29, 0.717) is 23.7 Å². The monoisotopic (exact) mass is 406 g/mol. The Bertz CT molecular complexity index is 1090. The molecule has 0 unspecified atom stereocenters. The number of rotatable bonds is 4. The molecule has 1 fully saturated rings. The topological polar surface area (TPSA) is 88.3 Å². The summed E-state index contributed by atoms with van der Waals surface area (Å²) in [4.78, 5) is 30.4. The SMILES string of the molecule is NC(=O)c1ccc(N2CCNCC2=O)c(-c2ccc(Cl)c(-c3ccccn3)c2)c1. The Balaban J connectivity index is 1.88. The summed E-state index contributed by atoms with van der Waals surface area (Å²) in [5.41, 5.74) is 9.68. The lowest BCUT2D eigenvalue weighted by Gasteiger charge is -2.29. The number of halogens is 1. The normalized spacial score (nSPS) is 14.1. The Labute approximate surface area is 173 Å². The molecule has 6 nitrogen and oxygen atoms in total. The molecular weight excluding hydrogens is 388 g/mol. The van der Waals surface area contributed by atoms with E-state index in [1.165, 1.54) is 0 Å². The fraction of sp³-hybridized carbons (Fsp3) is 0.136. The maximum absolute atomic E-state index is 12.5. The number of benzene rings is 2. The molecule has 2 aromatic carbocycles. The zero-order chi connectivity index (χ0) is 20.4. The maximum atomic E-state index is 12.5. The summed E-state index contributed by atoms with van der Waals surface area (Å²) in [7, 11) is 0. The Morgan fingerprint density at radius 3 is 2.69 bits per heavy atom. The first-order chi connectivity index (χ1) is 14.0. The first kappa shape index (κ1) is 19.1. The standard InChI is InChI=1S/C22H19ClN4O2/c23-18-6-4-14(11-17(18)19-3-1-2-8-26-19)16-12-15(22(24)29)5-7-20(16)27-10-9-25-13-21(27)28/h1-8,11-12,25H,9-10,13H2,(H2,24,29). The van der Waals surface area contributed by atoms with Crippen molar-refractivity contribution in [1.82, 2.24) is 10.3 Å². The van der Waals surface area contributed by atoms with Gasteiger partial charge >= 0.3 is 0 Å². The van der Waals surface area contributed by atoms with Crippen LogP contribution in [0.25, 0.3) is 22.4 Å². The summed E-state index contributed by atoms with van der Waals surface area (Å²) in [6.45, 7) is 1.52. The van der Waals surface area contributed by atoms with E-state index in [4.69, 9.17) is 17.3 Å². The highest BCUT2D eigenvalue weighted by Crippen LogP contribution is 2.37. The summed E-state index contributed by atoms with van der Waals surface area (Å²) in [6.07, 6.45) is 1.71. The maximum Gasteiger partial charge on any atom is 0.248 e. The predicted octanol–water partition coefficient (Wildman–Crippen LogP) is 3.10. The molecule has 0 bridgehead atoms. The van der Waals surface area contributed by atoms with Gasteiger partial charge in [-0.1, -0.05) is 23.7 Å². The molecule has 1 aromatic heterocycles. The second kappa shape index (κ2) is 8.03. The molecule has 1 aliphatic rings. The fourth-order valence-electron chi connectivity index (χ4n) is 3.43. The molecule has 3 aromatic rings. The molecule has 0 saturated carbocycles. The van der Waals surface area contributed by atoms with Crippen LogP contribution >= 0.6 is 11.6 Å². The number of hydrogen-bond donors (Lipinski definition) is 2. The number of anilines is 1. The number of amides is 2. The molecule has 0 aliphatic carbocycles. The van der Waals surface area contributed by atoms with Crippen LogP contribution < -0.4 is 16.0 Å². The highest BCUT2D eigenvalue weighted by molar-refractivity contribution is 6.33. The number of carbonyl (C=O) groups excluding carboxylic acids is 2. The summed E-state index contributed by atoms with van der Waals surface area (Å²) < 4.78 is 0. The number of hydrogen-bond acceptors (Lipinski definition) is 4. The number of nitrogens with zero attached hydrogens (tertiary/aromatic N) is 2. The van der Waals surface area contributed by atoms with Crippen molar-refractivity contribution in [1.29, 1.82) is 0 Å². The van der Waals surface area contributed by atoms with Crippen LogP contribution in [0.15, 0.2) is 60.8 Å². The van der Waals surface area contributed by atoms with E-state index < -0.39 is 5.91 Å². The first-order valence-corrected chi connectivity index (χ1v) is 9.58. The van der Waals surface area contributed by atoms with E-state index in [-0.39, 0.29) is 12.5 Å². The van der Waals surface area contributed by atoms with Gasteiger partial charge in [0.1, 0.15) is 0 Å². The number of primary amides is 1. The van der Waals surface area contributed by atoms with Crippen molar-refractivity contribution in [3.8, 4) is 22.4 Å². The van der Waals surface area contributed by atoms with Gasteiger partial charge in [0, 0.05) is 41.0 Å². The molecule has 29 heavy (non-hydrogen) atoms. The third kappa shape index (κ3) is 3.85. The summed E-state index contributed by atoms with van der Waals surface area (Å²) >= 11 is 6.42. The first-order valence-electron chi connectivity index (χ1n) is 9.21. The molecule has 1 aliphatic heterocycles. The predicted molar refractivity (Wildman–Crippen MR) is 114 cm³/mol. The minimum atomic E-state index is -0.525. The average Bonchev–Trinajstić information content (AvgIpc) is 2.75. The van der Waals surface area contributed by atoms with Gasteiger partial charge < -0.3 is 16.0 Å². The summed E-state index contributed by atoms with van der Waals surface area (Å²) in [5.74, 6) is -0.549. The van der Waals surface area contributed by atoms with Gasteiger partial charge in [-0.05, 0) is 48.0 Å².